The molecule has 0 fully saturated rings. The number of carbonyl (C=O) groups excluding carboxylic acids is 1. The first kappa shape index (κ1) is 16.7. The molecule has 0 saturated carbocycles. The Morgan fingerprint density at radius 1 is 1.17 bits per heavy atom. The van der Waals surface area contributed by atoms with Crippen molar-refractivity contribution in [3.05, 3.63) is 0 Å². The maximum Gasteiger partial charge on any atom is 0.222 e. The Hall–Kier alpha value is -1.26. The lowest BCUT2D eigenvalue weighted by molar-refractivity contribution is -0.129. The van der Waals surface area contributed by atoms with E-state index in [0.29, 0.717) is 6.42 Å². The normalized spacial score (nSPS) is 11.6. The quantitative estimate of drug-likeness (QED) is 0.207. The number of rotatable bonds is 10. The van der Waals surface area contributed by atoms with Gasteiger partial charge in [-0.1, -0.05) is 50.6 Å². The number of unbranched alkanes of at least 4 members (excludes halogenated alkanes) is 6. The van der Waals surface area contributed by atoms with E-state index < -0.39 is 0 Å². The Bertz CT molecular complexity index is 255. The van der Waals surface area contributed by atoms with Crippen molar-refractivity contribution in [2.24, 2.45) is 10.9 Å². The van der Waals surface area contributed by atoms with Crippen LogP contribution in [-0.2, 0) is 4.79 Å². The first-order valence-electron chi connectivity index (χ1n) is 6.82. The van der Waals surface area contributed by atoms with Crippen molar-refractivity contribution in [3.63, 3.8) is 0 Å². The summed E-state index contributed by atoms with van der Waals surface area (Å²) < 4.78 is 0. The number of nitrogens with zero attached hydrogens (tertiary/aromatic N) is 2. The lowest BCUT2D eigenvalue weighted by Gasteiger charge is -2.15. The number of carbonyl (C=O) groups is 1. The molecule has 0 aliphatic heterocycles. The summed E-state index contributed by atoms with van der Waals surface area (Å²) >= 11 is 0. The van der Waals surface area contributed by atoms with E-state index in [1.807, 2.05) is 0 Å². The Balaban J connectivity index is 3.52. The molecule has 106 valence electrons. The Morgan fingerprint density at radius 2 is 1.72 bits per heavy atom. The minimum absolute atomic E-state index is 0.0511. The zero-order valence-corrected chi connectivity index (χ0v) is 11.7. The summed E-state index contributed by atoms with van der Waals surface area (Å²) in [5.74, 6) is 0.112. The molecular formula is C13H27N3O2. The summed E-state index contributed by atoms with van der Waals surface area (Å²) in [4.78, 5) is 13.2. The van der Waals surface area contributed by atoms with Crippen LogP contribution in [0.2, 0.25) is 0 Å². The van der Waals surface area contributed by atoms with Crippen LogP contribution in [0.3, 0.4) is 0 Å². The van der Waals surface area contributed by atoms with Gasteiger partial charge in [-0.15, -0.1) is 0 Å². The number of oxime groups is 1. The van der Waals surface area contributed by atoms with Crippen LogP contribution < -0.4 is 5.73 Å². The SMILES string of the molecule is CCCCCCCCCC(=O)N(C)CC(N)=NO. The van der Waals surface area contributed by atoms with Crippen LogP contribution in [0.5, 0.6) is 0 Å². The number of hydrogen-bond donors (Lipinski definition) is 2. The number of hydrogen-bond acceptors (Lipinski definition) is 3. The van der Waals surface area contributed by atoms with Gasteiger partial charge in [0.15, 0.2) is 5.84 Å². The molecule has 0 aliphatic carbocycles. The van der Waals surface area contributed by atoms with Crippen LogP contribution in [0.1, 0.15) is 58.3 Å². The van der Waals surface area contributed by atoms with Crippen LogP contribution >= 0.6 is 0 Å². The molecule has 0 aromatic heterocycles. The molecule has 0 rings (SSSR count). The first-order chi connectivity index (χ1) is 8.61. The molecule has 5 nitrogen and oxygen atoms in total. The summed E-state index contributed by atoms with van der Waals surface area (Å²) in [5, 5.41) is 11.3. The topological polar surface area (TPSA) is 78.9 Å². The molecule has 0 radical (unpaired) electrons. The molecule has 0 heterocycles. The second-order valence-corrected chi connectivity index (χ2v) is 4.71. The highest BCUT2D eigenvalue weighted by molar-refractivity contribution is 5.86. The van der Waals surface area contributed by atoms with Gasteiger partial charge in [0.1, 0.15) is 0 Å². The van der Waals surface area contributed by atoms with Crippen molar-refractivity contribution in [2.75, 3.05) is 13.6 Å². The Kier molecular flexibility index (Phi) is 10.1. The smallest absolute Gasteiger partial charge is 0.222 e. The zero-order chi connectivity index (χ0) is 13.8. The zero-order valence-electron chi connectivity index (χ0n) is 11.7. The first-order valence-corrected chi connectivity index (χ1v) is 6.82. The monoisotopic (exact) mass is 257 g/mol. The molecule has 0 spiro atoms. The average Bonchev–Trinajstić information content (AvgIpc) is 2.37. The second kappa shape index (κ2) is 10.9. The Morgan fingerprint density at radius 3 is 2.28 bits per heavy atom. The van der Waals surface area contributed by atoms with Gasteiger partial charge in [0.2, 0.25) is 5.91 Å². The largest absolute Gasteiger partial charge is 0.409 e. The highest BCUT2D eigenvalue weighted by atomic mass is 16.4. The molecule has 0 unspecified atom stereocenters. The third-order valence-electron chi connectivity index (χ3n) is 2.95. The minimum atomic E-state index is 0.0511. The van der Waals surface area contributed by atoms with E-state index in [4.69, 9.17) is 10.9 Å². The van der Waals surface area contributed by atoms with E-state index in [1.54, 1.807) is 7.05 Å². The van der Waals surface area contributed by atoms with Gasteiger partial charge in [-0.05, 0) is 6.42 Å². The second-order valence-electron chi connectivity index (χ2n) is 4.71. The van der Waals surface area contributed by atoms with Crippen molar-refractivity contribution in [1.29, 1.82) is 0 Å². The fourth-order valence-corrected chi connectivity index (χ4v) is 1.79. The van der Waals surface area contributed by atoms with Crippen LogP contribution in [0.15, 0.2) is 5.16 Å². The molecule has 0 saturated heterocycles. The molecule has 5 heteroatoms. The summed E-state index contributed by atoms with van der Waals surface area (Å²) in [6, 6.07) is 0. The summed E-state index contributed by atoms with van der Waals surface area (Å²) in [7, 11) is 1.67. The van der Waals surface area contributed by atoms with Crippen molar-refractivity contribution >= 4 is 11.7 Å². The highest BCUT2D eigenvalue weighted by Crippen LogP contribution is 2.09. The van der Waals surface area contributed by atoms with Gasteiger partial charge in [0.25, 0.3) is 0 Å². The molecule has 1 amide bonds. The van der Waals surface area contributed by atoms with E-state index in [0.717, 1.165) is 12.8 Å². The third kappa shape index (κ3) is 8.84. The van der Waals surface area contributed by atoms with Crippen molar-refractivity contribution < 1.29 is 10.0 Å². The standard InChI is InChI=1S/C13H27N3O2/c1-3-4-5-6-7-8-9-10-13(17)16(2)11-12(14)15-18/h18H,3-11H2,1-2H3,(H2,14,15). The maximum atomic E-state index is 11.7. The van der Waals surface area contributed by atoms with E-state index in [9.17, 15) is 4.79 Å². The molecule has 0 aromatic carbocycles. The lowest BCUT2D eigenvalue weighted by Crippen LogP contribution is -2.35. The van der Waals surface area contributed by atoms with E-state index >= 15 is 0 Å². The summed E-state index contributed by atoms with van der Waals surface area (Å²) in [5.41, 5.74) is 5.34. The van der Waals surface area contributed by atoms with E-state index in [-0.39, 0.29) is 18.3 Å². The number of amides is 1. The predicted molar refractivity (Wildman–Crippen MR) is 73.7 cm³/mol. The maximum absolute atomic E-state index is 11.7. The molecule has 18 heavy (non-hydrogen) atoms. The number of likely N-dealkylation sites (N-methyl/N-ethyl adjacent to an activating group) is 1. The van der Waals surface area contributed by atoms with Gasteiger partial charge in [0, 0.05) is 13.5 Å². The van der Waals surface area contributed by atoms with Gasteiger partial charge in [0.05, 0.1) is 6.54 Å². The van der Waals surface area contributed by atoms with E-state index in [1.165, 1.54) is 37.0 Å². The number of amidine groups is 1. The van der Waals surface area contributed by atoms with Crippen molar-refractivity contribution in [1.82, 2.24) is 4.90 Å². The molecule has 0 aliphatic rings. The predicted octanol–water partition coefficient (Wildman–Crippen LogP) is 2.33. The Labute approximate surface area is 110 Å². The molecule has 3 N–H and O–H groups in total. The summed E-state index contributed by atoms with van der Waals surface area (Å²) in [6.45, 7) is 2.39. The fourth-order valence-electron chi connectivity index (χ4n) is 1.79. The molecule has 0 atom stereocenters. The van der Waals surface area contributed by atoms with Crippen LogP contribution in [-0.4, -0.2) is 35.4 Å². The summed E-state index contributed by atoms with van der Waals surface area (Å²) in [6.07, 6.45) is 8.91. The van der Waals surface area contributed by atoms with Crippen molar-refractivity contribution in [2.45, 2.75) is 58.3 Å². The minimum Gasteiger partial charge on any atom is -0.409 e. The van der Waals surface area contributed by atoms with Gasteiger partial charge in [-0.3, -0.25) is 4.79 Å². The molecule has 0 aromatic rings. The van der Waals surface area contributed by atoms with Gasteiger partial charge < -0.3 is 15.8 Å². The van der Waals surface area contributed by atoms with Gasteiger partial charge in [-0.2, -0.15) is 0 Å². The van der Waals surface area contributed by atoms with Crippen molar-refractivity contribution in [3.8, 4) is 0 Å². The van der Waals surface area contributed by atoms with Gasteiger partial charge >= 0.3 is 0 Å². The molecular weight excluding hydrogens is 230 g/mol. The lowest BCUT2D eigenvalue weighted by atomic mass is 10.1. The van der Waals surface area contributed by atoms with E-state index in [2.05, 4.69) is 12.1 Å². The number of nitrogens with two attached hydrogens (primary N) is 1. The van der Waals surface area contributed by atoms with Crippen LogP contribution in [0, 0.1) is 0 Å². The third-order valence-corrected chi connectivity index (χ3v) is 2.95. The molecule has 0 bridgehead atoms. The average molecular weight is 257 g/mol. The fraction of sp³-hybridized carbons (Fsp3) is 0.846. The van der Waals surface area contributed by atoms with Gasteiger partial charge in [-0.25, -0.2) is 0 Å². The highest BCUT2D eigenvalue weighted by Gasteiger charge is 2.09. The van der Waals surface area contributed by atoms with Crippen LogP contribution in [0.4, 0.5) is 0 Å². The van der Waals surface area contributed by atoms with Crippen LogP contribution in [0.25, 0.3) is 0 Å².